The van der Waals surface area contributed by atoms with Gasteiger partial charge < -0.3 is 10.0 Å². The topological polar surface area (TPSA) is 43.8 Å². The second kappa shape index (κ2) is 5.47. The number of aliphatic hydroxyl groups is 1. The zero-order valence-electron chi connectivity index (χ0n) is 9.94. The highest BCUT2D eigenvalue weighted by Crippen LogP contribution is 2.13. The fourth-order valence-corrected chi connectivity index (χ4v) is 2.12. The van der Waals surface area contributed by atoms with Gasteiger partial charge in [0.05, 0.1) is 6.61 Å². The zero-order valence-corrected chi connectivity index (χ0v) is 9.94. The molecule has 1 N–H and O–H groups in total. The minimum Gasteiger partial charge on any atom is -0.395 e. The van der Waals surface area contributed by atoms with Crippen molar-refractivity contribution in [2.24, 2.45) is 5.92 Å². The molecule has 1 aliphatic heterocycles. The first-order chi connectivity index (χ1) is 7.06. The van der Waals surface area contributed by atoms with Gasteiger partial charge in [-0.1, -0.05) is 13.8 Å². The van der Waals surface area contributed by atoms with E-state index in [2.05, 4.69) is 18.7 Å². The van der Waals surface area contributed by atoms with Crippen LogP contribution in [0.15, 0.2) is 0 Å². The number of nitrogens with zero attached hydrogens (tertiary/aromatic N) is 2. The van der Waals surface area contributed by atoms with Crippen molar-refractivity contribution in [1.82, 2.24) is 9.80 Å². The Morgan fingerprint density at radius 3 is 2.13 bits per heavy atom. The van der Waals surface area contributed by atoms with Gasteiger partial charge in [-0.3, -0.25) is 9.69 Å². The van der Waals surface area contributed by atoms with Gasteiger partial charge in [0, 0.05) is 39.1 Å². The maximum atomic E-state index is 11.1. The van der Waals surface area contributed by atoms with Crippen LogP contribution in [0.4, 0.5) is 0 Å². The molecular weight excluding hydrogens is 192 g/mol. The summed E-state index contributed by atoms with van der Waals surface area (Å²) in [4.78, 5) is 15.3. The van der Waals surface area contributed by atoms with E-state index in [1.54, 1.807) is 6.92 Å². The number of carbonyl (C=O) groups excluding carboxylic acids is 1. The summed E-state index contributed by atoms with van der Waals surface area (Å²) in [5.41, 5.74) is 0. The van der Waals surface area contributed by atoms with Gasteiger partial charge in [0.15, 0.2) is 0 Å². The number of aliphatic hydroxyl groups excluding tert-OH is 1. The summed E-state index contributed by atoms with van der Waals surface area (Å²) in [6.45, 7) is 9.40. The smallest absolute Gasteiger partial charge is 0.219 e. The van der Waals surface area contributed by atoms with E-state index in [4.69, 9.17) is 0 Å². The first kappa shape index (κ1) is 12.5. The predicted octanol–water partition coefficient (Wildman–Crippen LogP) is 0.167. The summed E-state index contributed by atoms with van der Waals surface area (Å²) < 4.78 is 0. The Balaban J connectivity index is 2.45. The number of rotatable bonds is 3. The Kier molecular flexibility index (Phi) is 4.54. The summed E-state index contributed by atoms with van der Waals surface area (Å²) in [7, 11) is 0. The third-order valence-electron chi connectivity index (χ3n) is 3.19. The van der Waals surface area contributed by atoms with E-state index in [0.29, 0.717) is 5.92 Å². The van der Waals surface area contributed by atoms with Gasteiger partial charge in [0.25, 0.3) is 0 Å². The normalized spacial score (nSPS) is 20.7. The molecule has 0 aromatic rings. The Hall–Kier alpha value is -0.610. The molecule has 1 saturated heterocycles. The number of amides is 1. The van der Waals surface area contributed by atoms with Gasteiger partial charge in [-0.15, -0.1) is 0 Å². The lowest BCUT2D eigenvalue weighted by Gasteiger charge is -2.39. The molecule has 1 amide bonds. The summed E-state index contributed by atoms with van der Waals surface area (Å²) in [5.74, 6) is 0.610. The van der Waals surface area contributed by atoms with Crippen LogP contribution in [0.1, 0.15) is 20.8 Å². The molecule has 1 fully saturated rings. The Labute approximate surface area is 91.9 Å². The van der Waals surface area contributed by atoms with Crippen LogP contribution in [-0.4, -0.2) is 59.6 Å². The van der Waals surface area contributed by atoms with E-state index in [-0.39, 0.29) is 18.6 Å². The minimum absolute atomic E-state index is 0.153. The molecule has 0 bridgehead atoms. The average molecular weight is 214 g/mol. The van der Waals surface area contributed by atoms with Crippen LogP contribution in [0.25, 0.3) is 0 Å². The highest BCUT2D eigenvalue weighted by Gasteiger charge is 2.25. The lowest BCUT2D eigenvalue weighted by molar-refractivity contribution is -0.131. The lowest BCUT2D eigenvalue weighted by Crippen LogP contribution is -2.53. The second-order valence-corrected chi connectivity index (χ2v) is 4.54. The molecule has 1 atom stereocenters. The van der Waals surface area contributed by atoms with Gasteiger partial charge in [-0.25, -0.2) is 0 Å². The Bertz CT molecular complexity index is 211. The van der Waals surface area contributed by atoms with Crippen molar-refractivity contribution < 1.29 is 9.90 Å². The van der Waals surface area contributed by atoms with Crippen molar-refractivity contribution in [2.45, 2.75) is 26.8 Å². The minimum atomic E-state index is 0.153. The maximum absolute atomic E-state index is 11.1. The van der Waals surface area contributed by atoms with Crippen molar-refractivity contribution in [2.75, 3.05) is 32.8 Å². The van der Waals surface area contributed by atoms with E-state index < -0.39 is 0 Å². The molecule has 0 spiro atoms. The van der Waals surface area contributed by atoms with Crippen LogP contribution in [0.5, 0.6) is 0 Å². The summed E-state index contributed by atoms with van der Waals surface area (Å²) >= 11 is 0. The number of piperazine rings is 1. The molecule has 0 aromatic heterocycles. The monoisotopic (exact) mass is 214 g/mol. The average Bonchev–Trinajstić information content (AvgIpc) is 2.19. The summed E-state index contributed by atoms with van der Waals surface area (Å²) in [6, 6.07) is 0.235. The molecule has 0 aliphatic carbocycles. The number of hydrogen-bond acceptors (Lipinski definition) is 3. The molecule has 1 heterocycles. The molecule has 1 unspecified atom stereocenters. The van der Waals surface area contributed by atoms with Crippen LogP contribution in [-0.2, 0) is 4.79 Å². The Morgan fingerprint density at radius 1 is 1.27 bits per heavy atom. The molecule has 0 aromatic carbocycles. The van der Waals surface area contributed by atoms with Crippen molar-refractivity contribution in [3.63, 3.8) is 0 Å². The Morgan fingerprint density at radius 2 is 1.80 bits per heavy atom. The van der Waals surface area contributed by atoms with Crippen molar-refractivity contribution in [1.29, 1.82) is 0 Å². The summed E-state index contributed by atoms with van der Waals surface area (Å²) in [6.07, 6.45) is 0. The van der Waals surface area contributed by atoms with Crippen LogP contribution in [0, 0.1) is 5.92 Å². The highest BCUT2D eigenvalue weighted by molar-refractivity contribution is 5.73. The van der Waals surface area contributed by atoms with Gasteiger partial charge in [0.1, 0.15) is 0 Å². The quantitative estimate of drug-likeness (QED) is 0.728. The van der Waals surface area contributed by atoms with Crippen molar-refractivity contribution in [3.05, 3.63) is 0 Å². The van der Waals surface area contributed by atoms with E-state index >= 15 is 0 Å². The SMILES string of the molecule is CC(=O)N1CCN(C(CO)C(C)C)CC1. The van der Waals surface area contributed by atoms with E-state index in [9.17, 15) is 9.90 Å². The van der Waals surface area contributed by atoms with Gasteiger partial charge in [-0.2, -0.15) is 0 Å². The van der Waals surface area contributed by atoms with Crippen molar-refractivity contribution >= 4 is 5.91 Å². The first-order valence-electron chi connectivity index (χ1n) is 5.66. The second-order valence-electron chi connectivity index (χ2n) is 4.54. The standard InChI is InChI=1S/C11H22N2O2/c1-9(2)11(8-14)13-6-4-12(5-7-13)10(3)15/h9,11,14H,4-8H2,1-3H3. The van der Waals surface area contributed by atoms with Crippen molar-refractivity contribution in [3.8, 4) is 0 Å². The van der Waals surface area contributed by atoms with E-state index in [0.717, 1.165) is 26.2 Å². The van der Waals surface area contributed by atoms with Crippen LogP contribution in [0.3, 0.4) is 0 Å². The van der Waals surface area contributed by atoms with Gasteiger partial charge in [0.2, 0.25) is 5.91 Å². The van der Waals surface area contributed by atoms with E-state index in [1.165, 1.54) is 0 Å². The first-order valence-corrected chi connectivity index (χ1v) is 5.66. The van der Waals surface area contributed by atoms with Crippen LogP contribution >= 0.6 is 0 Å². The third kappa shape index (κ3) is 3.18. The molecular formula is C11H22N2O2. The highest BCUT2D eigenvalue weighted by atomic mass is 16.3. The fourth-order valence-electron chi connectivity index (χ4n) is 2.12. The lowest BCUT2D eigenvalue weighted by atomic mass is 10.0. The van der Waals surface area contributed by atoms with Crippen LogP contribution < -0.4 is 0 Å². The van der Waals surface area contributed by atoms with Gasteiger partial charge >= 0.3 is 0 Å². The molecule has 1 rings (SSSR count). The number of carbonyl (C=O) groups is 1. The molecule has 1 aliphatic rings. The third-order valence-corrected chi connectivity index (χ3v) is 3.19. The fraction of sp³-hybridized carbons (Fsp3) is 0.909. The van der Waals surface area contributed by atoms with Gasteiger partial charge in [-0.05, 0) is 5.92 Å². The molecule has 15 heavy (non-hydrogen) atoms. The largest absolute Gasteiger partial charge is 0.395 e. The molecule has 4 nitrogen and oxygen atoms in total. The van der Waals surface area contributed by atoms with E-state index in [1.807, 2.05) is 4.90 Å². The zero-order chi connectivity index (χ0) is 11.4. The molecule has 88 valence electrons. The molecule has 0 saturated carbocycles. The van der Waals surface area contributed by atoms with Crippen LogP contribution in [0.2, 0.25) is 0 Å². The number of hydrogen-bond donors (Lipinski definition) is 1. The predicted molar refractivity (Wildman–Crippen MR) is 59.5 cm³/mol. The summed E-state index contributed by atoms with van der Waals surface area (Å²) in [5, 5.41) is 9.30. The molecule has 0 radical (unpaired) electrons. The maximum Gasteiger partial charge on any atom is 0.219 e. The molecule has 4 heteroatoms.